The number of rotatable bonds is 2. The monoisotopic (exact) mass is 346 g/mol. The van der Waals surface area contributed by atoms with Crippen LogP contribution in [0.3, 0.4) is 0 Å². The maximum absolute atomic E-state index is 12.5. The quantitative estimate of drug-likeness (QED) is 0.370. The first-order chi connectivity index (χ1) is 8.01. The highest BCUT2D eigenvalue weighted by Gasteiger charge is 2.47. The zero-order valence-corrected chi connectivity index (χ0v) is 15.5. The van der Waals surface area contributed by atoms with Gasteiger partial charge in [-0.2, -0.15) is 0 Å². The van der Waals surface area contributed by atoms with Crippen LogP contribution in [0.1, 0.15) is 41.5 Å². The van der Waals surface area contributed by atoms with Crippen molar-refractivity contribution in [1.29, 1.82) is 0 Å². The van der Waals surface area contributed by atoms with Gasteiger partial charge in [-0.05, 0) is 32.7 Å². The predicted molar refractivity (Wildman–Crippen MR) is 88.5 cm³/mol. The Morgan fingerprint density at radius 3 is 1.83 bits per heavy atom. The summed E-state index contributed by atoms with van der Waals surface area (Å²) >= 11 is 6.42. The zero-order valence-electron chi connectivity index (χ0n) is 11.5. The molecule has 1 unspecified atom stereocenters. The van der Waals surface area contributed by atoms with Crippen molar-refractivity contribution in [3.05, 3.63) is 11.1 Å². The van der Waals surface area contributed by atoms with E-state index in [4.69, 9.17) is 22.3 Å². The Bertz CT molecular complexity index is 380. The van der Waals surface area contributed by atoms with Crippen LogP contribution in [0, 0.1) is 10.8 Å². The van der Waals surface area contributed by atoms with Crippen LogP contribution in [0.5, 0.6) is 0 Å². The fraction of sp³-hybridized carbons (Fsp3) is 0.833. The fourth-order valence-corrected chi connectivity index (χ4v) is 8.66. The van der Waals surface area contributed by atoms with E-state index < -0.39 is 15.5 Å². The third-order valence-corrected chi connectivity index (χ3v) is 8.11. The first-order valence-electron chi connectivity index (χ1n) is 5.74. The van der Waals surface area contributed by atoms with Gasteiger partial charge in [0.25, 0.3) is 0 Å². The summed E-state index contributed by atoms with van der Waals surface area (Å²) in [5, 5.41) is 0. The molecule has 1 heterocycles. The molecule has 0 saturated carbocycles. The van der Waals surface area contributed by atoms with Gasteiger partial charge in [-0.15, -0.1) is 11.6 Å². The van der Waals surface area contributed by atoms with E-state index in [0.717, 1.165) is 15.6 Å². The van der Waals surface area contributed by atoms with Crippen LogP contribution in [0.25, 0.3) is 0 Å². The standard InChI is InChI=1S/C12H20Cl2OS3/c1-11(2,3)7-8(12(4,5)6)10(16-17-14)18(15)9(7)13/h9-10H,1-6H3/t9-,10-,18?/m0/s1. The Labute approximate surface area is 130 Å². The Kier molecular flexibility index (Phi) is 5.63. The topological polar surface area (TPSA) is 17.1 Å². The molecular formula is C12H20Cl2OS3. The molecule has 1 aliphatic heterocycles. The maximum Gasteiger partial charge on any atom is 0.132 e. The van der Waals surface area contributed by atoms with Crippen molar-refractivity contribution in [1.82, 2.24) is 0 Å². The maximum atomic E-state index is 12.5. The lowest BCUT2D eigenvalue weighted by molar-refractivity contribution is 0.447. The van der Waals surface area contributed by atoms with Crippen LogP contribution in [0.2, 0.25) is 0 Å². The fourth-order valence-electron chi connectivity index (χ4n) is 2.21. The lowest BCUT2D eigenvalue weighted by Crippen LogP contribution is -2.22. The molecule has 0 saturated heterocycles. The van der Waals surface area contributed by atoms with Crippen molar-refractivity contribution in [2.24, 2.45) is 10.8 Å². The molecule has 0 N–H and O–H groups in total. The first kappa shape index (κ1) is 17.2. The number of hydrogen-bond acceptors (Lipinski definition) is 3. The second-order valence-electron chi connectivity index (χ2n) is 6.46. The lowest BCUT2D eigenvalue weighted by Gasteiger charge is -2.31. The third kappa shape index (κ3) is 3.43. The van der Waals surface area contributed by atoms with Gasteiger partial charge in [-0.25, -0.2) is 0 Å². The van der Waals surface area contributed by atoms with E-state index in [0.29, 0.717) is 0 Å². The number of halogens is 2. The summed E-state index contributed by atoms with van der Waals surface area (Å²) in [5.41, 5.74) is 2.20. The molecule has 3 atom stereocenters. The van der Waals surface area contributed by atoms with Crippen LogP contribution in [0.4, 0.5) is 0 Å². The highest BCUT2D eigenvalue weighted by molar-refractivity contribution is 8.86. The van der Waals surface area contributed by atoms with Crippen molar-refractivity contribution < 1.29 is 4.21 Å². The summed E-state index contributed by atoms with van der Waals surface area (Å²) < 4.78 is 11.9. The molecule has 106 valence electrons. The summed E-state index contributed by atoms with van der Waals surface area (Å²) in [6.07, 6.45) is 0. The van der Waals surface area contributed by atoms with Gasteiger partial charge < -0.3 is 0 Å². The molecule has 0 bridgehead atoms. The molecular weight excluding hydrogens is 327 g/mol. The molecule has 18 heavy (non-hydrogen) atoms. The summed E-state index contributed by atoms with van der Waals surface area (Å²) in [6, 6.07) is 0. The average Bonchev–Trinajstić information content (AvgIpc) is 2.41. The van der Waals surface area contributed by atoms with Gasteiger partial charge in [-0.1, -0.05) is 52.3 Å². The minimum Gasteiger partial charge on any atom is -0.256 e. The summed E-state index contributed by atoms with van der Waals surface area (Å²) in [7, 11) is 7.23. The van der Waals surface area contributed by atoms with Crippen LogP contribution in [0.15, 0.2) is 11.1 Å². The van der Waals surface area contributed by atoms with E-state index in [1.807, 2.05) is 0 Å². The van der Waals surface area contributed by atoms with Gasteiger partial charge in [0.2, 0.25) is 0 Å². The van der Waals surface area contributed by atoms with Crippen molar-refractivity contribution in [3.8, 4) is 0 Å². The Morgan fingerprint density at radius 2 is 1.50 bits per heavy atom. The Morgan fingerprint density at radius 1 is 1.06 bits per heavy atom. The molecule has 1 rings (SSSR count). The molecule has 0 radical (unpaired) electrons. The van der Waals surface area contributed by atoms with Crippen LogP contribution in [-0.4, -0.2) is 13.5 Å². The molecule has 0 aromatic heterocycles. The summed E-state index contributed by atoms with van der Waals surface area (Å²) in [4.78, 5) is 0. The minimum atomic E-state index is -1.11. The highest BCUT2D eigenvalue weighted by atomic mass is 35.7. The SMILES string of the molecule is CC(C)(C)C1=C(C(C)(C)C)[C@@H](SSCl)S(=O)[C@@H]1Cl. The Hall–Kier alpha value is 1.17. The van der Waals surface area contributed by atoms with Gasteiger partial charge in [0.15, 0.2) is 0 Å². The molecule has 6 heteroatoms. The smallest absolute Gasteiger partial charge is 0.132 e. The van der Waals surface area contributed by atoms with E-state index in [1.54, 1.807) is 0 Å². The number of alkyl halides is 1. The summed E-state index contributed by atoms with van der Waals surface area (Å²) in [6.45, 7) is 12.8. The zero-order chi connectivity index (χ0) is 14.3. The molecule has 0 aliphatic carbocycles. The van der Waals surface area contributed by atoms with Gasteiger partial charge in [0.1, 0.15) is 9.29 Å². The van der Waals surface area contributed by atoms with E-state index >= 15 is 0 Å². The van der Waals surface area contributed by atoms with Gasteiger partial charge in [0, 0.05) is 10.0 Å². The van der Waals surface area contributed by atoms with E-state index in [2.05, 4.69) is 41.5 Å². The van der Waals surface area contributed by atoms with Crippen LogP contribution in [-0.2, 0) is 10.8 Å². The minimum absolute atomic E-state index is 0.0494. The molecule has 0 aromatic rings. The van der Waals surface area contributed by atoms with Gasteiger partial charge >= 0.3 is 0 Å². The third-order valence-electron chi connectivity index (χ3n) is 2.91. The van der Waals surface area contributed by atoms with E-state index in [-0.39, 0.29) is 15.4 Å². The normalized spacial score (nSPS) is 30.1. The number of hydrogen-bond donors (Lipinski definition) is 0. The van der Waals surface area contributed by atoms with Crippen LogP contribution < -0.4 is 0 Å². The lowest BCUT2D eigenvalue weighted by atomic mass is 9.76. The van der Waals surface area contributed by atoms with Crippen molar-refractivity contribution in [2.45, 2.75) is 50.8 Å². The van der Waals surface area contributed by atoms with Gasteiger partial charge in [0.05, 0.1) is 10.8 Å². The second kappa shape index (κ2) is 5.88. The molecule has 0 amide bonds. The van der Waals surface area contributed by atoms with Crippen LogP contribution >= 0.6 is 43.1 Å². The van der Waals surface area contributed by atoms with E-state index in [9.17, 15) is 4.21 Å². The van der Waals surface area contributed by atoms with Crippen molar-refractivity contribution in [3.63, 3.8) is 0 Å². The van der Waals surface area contributed by atoms with E-state index in [1.165, 1.54) is 16.4 Å². The molecule has 1 nitrogen and oxygen atoms in total. The largest absolute Gasteiger partial charge is 0.256 e. The first-order valence-corrected chi connectivity index (χ1v) is 10.5. The van der Waals surface area contributed by atoms with Crippen molar-refractivity contribution in [2.75, 3.05) is 0 Å². The second-order valence-corrected chi connectivity index (χ2v) is 11.9. The molecule has 1 aliphatic rings. The average molecular weight is 347 g/mol. The van der Waals surface area contributed by atoms with Crippen molar-refractivity contribution >= 4 is 53.9 Å². The molecule has 0 aromatic carbocycles. The molecule has 0 fully saturated rings. The predicted octanol–water partition coefficient (Wildman–Crippen LogP) is 5.56. The Balaban J connectivity index is 3.42. The summed E-state index contributed by atoms with van der Waals surface area (Å²) in [5.74, 6) is 0. The van der Waals surface area contributed by atoms with Gasteiger partial charge in [-0.3, -0.25) is 4.21 Å². The highest BCUT2D eigenvalue weighted by Crippen LogP contribution is 2.54. The molecule has 0 spiro atoms.